The highest BCUT2D eigenvalue weighted by atomic mass is 16.7. The van der Waals surface area contributed by atoms with E-state index >= 15 is 0 Å². The minimum Gasteiger partial charge on any atom is -0.396 e. The minimum atomic E-state index is -0.306. The third kappa shape index (κ3) is 12.3. The van der Waals surface area contributed by atoms with Crippen molar-refractivity contribution >= 4 is 0 Å². The van der Waals surface area contributed by atoms with Crippen molar-refractivity contribution in [1.82, 2.24) is 0 Å². The molecule has 4 heteroatoms. The zero-order chi connectivity index (χ0) is 14.4. The summed E-state index contributed by atoms with van der Waals surface area (Å²) in [6.45, 7) is 11.4. The van der Waals surface area contributed by atoms with Crippen LogP contribution in [-0.2, 0) is 9.47 Å². The van der Waals surface area contributed by atoms with Crippen molar-refractivity contribution in [3.63, 3.8) is 0 Å². The molecule has 112 valence electrons. The zero-order valence-electron chi connectivity index (χ0n) is 12.7. The fraction of sp³-hybridized carbons (Fsp3) is 1.00. The van der Waals surface area contributed by atoms with E-state index in [1.807, 2.05) is 34.6 Å². The van der Waals surface area contributed by atoms with Crippen LogP contribution in [0.2, 0.25) is 0 Å². The molecule has 0 aliphatic heterocycles. The third-order valence-corrected chi connectivity index (χ3v) is 2.69. The predicted molar refractivity (Wildman–Crippen MR) is 74.5 cm³/mol. The lowest BCUT2D eigenvalue weighted by molar-refractivity contribution is -0.123. The molecule has 2 unspecified atom stereocenters. The van der Waals surface area contributed by atoms with Gasteiger partial charge in [0, 0.05) is 25.7 Å². The molecule has 4 nitrogen and oxygen atoms in total. The molecule has 0 rings (SSSR count). The summed E-state index contributed by atoms with van der Waals surface area (Å²) in [6, 6.07) is 0. The molecule has 0 spiro atoms. The van der Waals surface area contributed by atoms with Gasteiger partial charge in [-0.15, -0.1) is 0 Å². The summed E-state index contributed by atoms with van der Waals surface area (Å²) in [4.78, 5) is 0. The summed E-state index contributed by atoms with van der Waals surface area (Å²) in [7, 11) is 0. The molecule has 0 aliphatic rings. The number of hydrogen-bond acceptors (Lipinski definition) is 4. The van der Waals surface area contributed by atoms with Crippen molar-refractivity contribution in [3.05, 3.63) is 0 Å². The summed E-state index contributed by atoms with van der Waals surface area (Å²) in [6.07, 6.45) is 2.30. The third-order valence-electron chi connectivity index (χ3n) is 2.69. The van der Waals surface area contributed by atoms with Crippen LogP contribution in [0.4, 0.5) is 0 Å². The van der Waals surface area contributed by atoms with Crippen molar-refractivity contribution in [1.29, 1.82) is 0 Å². The lowest BCUT2D eigenvalue weighted by Gasteiger charge is -2.17. The van der Waals surface area contributed by atoms with Crippen LogP contribution in [0.1, 0.15) is 53.9 Å². The summed E-state index contributed by atoms with van der Waals surface area (Å²) in [5.74, 6) is 0.0833. The molecule has 0 aromatic heterocycles. The monoisotopic (exact) mass is 264 g/mol. The van der Waals surface area contributed by atoms with Crippen molar-refractivity contribution in [2.45, 2.75) is 66.3 Å². The molecule has 0 bridgehead atoms. The molecule has 0 aromatic carbocycles. The summed E-state index contributed by atoms with van der Waals surface area (Å²) < 4.78 is 10.1. The van der Waals surface area contributed by atoms with E-state index in [4.69, 9.17) is 14.6 Å². The molecule has 0 fully saturated rings. The summed E-state index contributed by atoms with van der Waals surface area (Å²) in [5.41, 5.74) is 0. The van der Waals surface area contributed by atoms with Gasteiger partial charge in [-0.3, -0.25) is 0 Å². The second kappa shape index (κ2) is 14.9. The molecule has 0 radical (unpaired) electrons. The number of ether oxygens (including phenoxy) is 2. The average Bonchev–Trinajstić information content (AvgIpc) is 2.32. The van der Waals surface area contributed by atoms with Gasteiger partial charge in [0.2, 0.25) is 0 Å². The summed E-state index contributed by atoms with van der Waals surface area (Å²) in [5, 5.41) is 18.1. The normalized spacial score (nSPS) is 14.0. The van der Waals surface area contributed by atoms with Gasteiger partial charge >= 0.3 is 0 Å². The lowest BCUT2D eigenvalue weighted by atomic mass is 9.97. The van der Waals surface area contributed by atoms with E-state index in [9.17, 15) is 5.11 Å². The molecule has 0 saturated carbocycles. The van der Waals surface area contributed by atoms with Crippen LogP contribution in [0.3, 0.4) is 0 Å². The molecule has 18 heavy (non-hydrogen) atoms. The van der Waals surface area contributed by atoms with Crippen LogP contribution >= 0.6 is 0 Å². The van der Waals surface area contributed by atoms with Crippen LogP contribution in [0.15, 0.2) is 0 Å². The van der Waals surface area contributed by atoms with Crippen molar-refractivity contribution < 1.29 is 19.7 Å². The molecule has 0 amide bonds. The van der Waals surface area contributed by atoms with Gasteiger partial charge in [-0.2, -0.15) is 0 Å². The first-order valence-corrected chi connectivity index (χ1v) is 7.09. The Morgan fingerprint density at radius 1 is 1.00 bits per heavy atom. The second-order valence-electron chi connectivity index (χ2n) is 4.19. The van der Waals surface area contributed by atoms with Crippen molar-refractivity contribution in [3.8, 4) is 0 Å². The quantitative estimate of drug-likeness (QED) is 0.628. The van der Waals surface area contributed by atoms with E-state index in [0.29, 0.717) is 0 Å². The Bertz CT molecular complexity index is 143. The Hall–Kier alpha value is -0.160. The van der Waals surface area contributed by atoms with Gasteiger partial charge in [0.15, 0.2) is 6.29 Å². The number of aliphatic hydroxyl groups is 2. The fourth-order valence-electron chi connectivity index (χ4n) is 1.57. The average molecular weight is 264 g/mol. The van der Waals surface area contributed by atoms with Gasteiger partial charge in [-0.05, 0) is 33.6 Å². The van der Waals surface area contributed by atoms with Gasteiger partial charge in [-0.1, -0.05) is 20.3 Å². The summed E-state index contributed by atoms with van der Waals surface area (Å²) >= 11 is 0. The Labute approximate surface area is 112 Å². The SMILES string of the molecule is CCCC(O)C(CC)CO.CCOC(C)OCC. The standard InChI is InChI=1S/C8H18O2.C6H14O2/c1-3-5-8(10)7(4-2)6-9;1-4-7-6(3)8-5-2/h7-10H,3-6H2,1-2H3;6H,4-5H2,1-3H3. The van der Waals surface area contributed by atoms with Gasteiger partial charge in [0.25, 0.3) is 0 Å². The van der Waals surface area contributed by atoms with Gasteiger partial charge < -0.3 is 19.7 Å². The molecule has 0 saturated heterocycles. The van der Waals surface area contributed by atoms with Gasteiger partial charge in [-0.25, -0.2) is 0 Å². The van der Waals surface area contributed by atoms with E-state index in [0.717, 1.165) is 32.5 Å². The van der Waals surface area contributed by atoms with Crippen LogP contribution < -0.4 is 0 Å². The number of hydrogen-bond donors (Lipinski definition) is 2. The molecular formula is C14H32O4. The molecule has 0 heterocycles. The highest BCUT2D eigenvalue weighted by Gasteiger charge is 2.14. The predicted octanol–water partition coefficient (Wildman–Crippen LogP) is 2.57. The maximum atomic E-state index is 9.35. The lowest BCUT2D eigenvalue weighted by Crippen LogP contribution is -2.22. The molecule has 0 aromatic rings. The maximum absolute atomic E-state index is 9.35. The first-order chi connectivity index (χ1) is 8.56. The zero-order valence-corrected chi connectivity index (χ0v) is 12.7. The van der Waals surface area contributed by atoms with Gasteiger partial charge in [0.05, 0.1) is 6.10 Å². The van der Waals surface area contributed by atoms with Crippen LogP contribution in [0, 0.1) is 5.92 Å². The molecule has 0 aliphatic carbocycles. The van der Waals surface area contributed by atoms with E-state index < -0.39 is 0 Å². The van der Waals surface area contributed by atoms with E-state index in [-0.39, 0.29) is 24.9 Å². The number of rotatable bonds is 9. The topological polar surface area (TPSA) is 58.9 Å². The highest BCUT2D eigenvalue weighted by molar-refractivity contribution is 4.65. The number of aliphatic hydroxyl groups excluding tert-OH is 2. The van der Waals surface area contributed by atoms with Crippen LogP contribution in [0.25, 0.3) is 0 Å². The Kier molecular flexibility index (Phi) is 16.7. The second-order valence-corrected chi connectivity index (χ2v) is 4.19. The minimum absolute atomic E-state index is 0.0370. The van der Waals surface area contributed by atoms with E-state index in [2.05, 4.69) is 0 Å². The fourth-order valence-corrected chi connectivity index (χ4v) is 1.57. The van der Waals surface area contributed by atoms with Gasteiger partial charge in [0.1, 0.15) is 0 Å². The highest BCUT2D eigenvalue weighted by Crippen LogP contribution is 2.12. The smallest absolute Gasteiger partial charge is 0.154 e. The first kappa shape index (κ1) is 20.2. The largest absolute Gasteiger partial charge is 0.396 e. The van der Waals surface area contributed by atoms with E-state index in [1.165, 1.54) is 0 Å². The van der Waals surface area contributed by atoms with E-state index in [1.54, 1.807) is 0 Å². The molecule has 2 N–H and O–H groups in total. The Balaban J connectivity index is 0. The van der Waals surface area contributed by atoms with Crippen molar-refractivity contribution in [2.24, 2.45) is 5.92 Å². The Morgan fingerprint density at radius 3 is 1.78 bits per heavy atom. The molecular weight excluding hydrogens is 232 g/mol. The molecule has 2 atom stereocenters. The van der Waals surface area contributed by atoms with Crippen LogP contribution in [0.5, 0.6) is 0 Å². The van der Waals surface area contributed by atoms with Crippen molar-refractivity contribution in [2.75, 3.05) is 19.8 Å². The Morgan fingerprint density at radius 2 is 1.50 bits per heavy atom. The maximum Gasteiger partial charge on any atom is 0.154 e. The van der Waals surface area contributed by atoms with Crippen LogP contribution in [-0.4, -0.2) is 42.4 Å². The first-order valence-electron chi connectivity index (χ1n) is 7.09.